The van der Waals surface area contributed by atoms with Crippen molar-refractivity contribution in [3.05, 3.63) is 59.2 Å². The number of rotatable bonds is 4. The number of hydrogen-bond donors (Lipinski definition) is 2. The fourth-order valence-electron chi connectivity index (χ4n) is 6.81. The van der Waals surface area contributed by atoms with E-state index in [0.29, 0.717) is 30.8 Å². The Bertz CT molecular complexity index is 1320. The zero-order valence-electron chi connectivity index (χ0n) is 20.9. The van der Waals surface area contributed by atoms with Gasteiger partial charge in [-0.3, -0.25) is 19.3 Å². The topological polar surface area (TPSA) is 81.8 Å². The number of carbonyl (C=O) groups is 3. The average molecular weight is 527 g/mol. The van der Waals surface area contributed by atoms with Crippen molar-refractivity contribution in [3.63, 3.8) is 0 Å². The summed E-state index contributed by atoms with van der Waals surface area (Å²) < 4.78 is 38.7. The second kappa shape index (κ2) is 8.83. The van der Waals surface area contributed by atoms with Crippen LogP contribution < -0.4 is 15.5 Å². The van der Waals surface area contributed by atoms with Crippen LogP contribution in [-0.4, -0.2) is 61.5 Å². The lowest BCUT2D eigenvalue weighted by Crippen LogP contribution is -2.51. The van der Waals surface area contributed by atoms with Crippen LogP contribution in [0.4, 0.5) is 24.5 Å². The maximum atomic E-state index is 13.7. The Labute approximate surface area is 218 Å². The van der Waals surface area contributed by atoms with Crippen molar-refractivity contribution in [2.24, 2.45) is 5.41 Å². The van der Waals surface area contributed by atoms with Gasteiger partial charge in [-0.05, 0) is 80.1 Å². The molecular formula is C28H29F3N4O3. The summed E-state index contributed by atoms with van der Waals surface area (Å²) in [6.07, 6.45) is -1.59. The van der Waals surface area contributed by atoms with Gasteiger partial charge in [-0.2, -0.15) is 13.2 Å². The van der Waals surface area contributed by atoms with E-state index in [1.165, 1.54) is 9.80 Å². The summed E-state index contributed by atoms with van der Waals surface area (Å²) in [5, 5.41) is 5.82. The molecule has 2 N–H and O–H groups in total. The first kappa shape index (κ1) is 24.9. The average Bonchev–Trinajstić information content (AvgIpc) is 3.48. The number of halogens is 3. The largest absolute Gasteiger partial charge is 0.401 e. The van der Waals surface area contributed by atoms with Crippen molar-refractivity contribution in [2.45, 2.75) is 43.7 Å². The number of benzene rings is 2. The van der Waals surface area contributed by atoms with Crippen molar-refractivity contribution in [1.29, 1.82) is 0 Å². The first-order valence-electron chi connectivity index (χ1n) is 13.0. The van der Waals surface area contributed by atoms with Crippen LogP contribution in [0.25, 0.3) is 0 Å². The molecule has 2 aromatic rings. The van der Waals surface area contributed by atoms with Gasteiger partial charge in [0, 0.05) is 17.9 Å². The van der Waals surface area contributed by atoms with Crippen LogP contribution in [0.1, 0.15) is 36.0 Å². The van der Waals surface area contributed by atoms with E-state index >= 15 is 0 Å². The number of anilines is 2. The van der Waals surface area contributed by atoms with Gasteiger partial charge in [-0.15, -0.1) is 0 Å². The SMILES string of the molecule is O=C(CN1C(=O)C2(CCN(CC(F)(F)F)CC2)c2ccccc21)Nc1ccc2c(c1)CC1(CCNC1=O)C2. The standard InChI is InChI=1S/C28H29F3N4O3/c29-28(30,31)17-34-11-8-27(9-12-34)21-3-1-2-4-22(21)35(25(27)38)16-23(36)33-20-6-5-18-14-26(15-19(18)13-20)7-10-32-24(26)37/h1-6,13H,7-12,14-17H2,(H,32,37)(H,33,36). The number of amides is 3. The molecule has 0 aromatic heterocycles. The maximum Gasteiger partial charge on any atom is 0.401 e. The number of para-hydroxylation sites is 1. The minimum absolute atomic E-state index is 0.0867. The minimum atomic E-state index is -4.28. The molecule has 3 amide bonds. The molecule has 200 valence electrons. The zero-order valence-corrected chi connectivity index (χ0v) is 20.9. The number of alkyl halides is 3. The Kier molecular flexibility index (Phi) is 5.79. The third-order valence-electron chi connectivity index (χ3n) is 8.70. The summed E-state index contributed by atoms with van der Waals surface area (Å²) in [5.41, 5.74) is 2.89. The number of nitrogens with one attached hydrogen (secondary N) is 2. The molecule has 2 aromatic carbocycles. The van der Waals surface area contributed by atoms with E-state index in [1.54, 1.807) is 12.1 Å². The Morgan fingerprint density at radius 1 is 1.00 bits per heavy atom. The van der Waals surface area contributed by atoms with Gasteiger partial charge in [-0.25, -0.2) is 0 Å². The summed E-state index contributed by atoms with van der Waals surface area (Å²) in [5.74, 6) is -0.502. The van der Waals surface area contributed by atoms with E-state index in [-0.39, 0.29) is 55.6 Å². The van der Waals surface area contributed by atoms with Gasteiger partial charge >= 0.3 is 6.18 Å². The van der Waals surface area contributed by atoms with Crippen LogP contribution in [0.15, 0.2) is 42.5 Å². The summed E-state index contributed by atoms with van der Waals surface area (Å²) in [6.45, 7) is -0.170. The smallest absolute Gasteiger partial charge is 0.356 e. The first-order valence-corrected chi connectivity index (χ1v) is 13.0. The minimum Gasteiger partial charge on any atom is -0.356 e. The van der Waals surface area contributed by atoms with Crippen LogP contribution >= 0.6 is 0 Å². The normalized spacial score (nSPS) is 24.1. The van der Waals surface area contributed by atoms with Crippen LogP contribution in [-0.2, 0) is 32.6 Å². The van der Waals surface area contributed by atoms with Gasteiger partial charge in [0.25, 0.3) is 0 Å². The third-order valence-corrected chi connectivity index (χ3v) is 8.70. The van der Waals surface area contributed by atoms with Gasteiger partial charge in [0.1, 0.15) is 6.54 Å². The molecule has 10 heteroatoms. The van der Waals surface area contributed by atoms with Crippen LogP contribution in [0.2, 0.25) is 0 Å². The summed E-state index contributed by atoms with van der Waals surface area (Å²) in [4.78, 5) is 42.0. The van der Waals surface area contributed by atoms with Gasteiger partial charge in [0.05, 0.1) is 17.4 Å². The highest BCUT2D eigenvalue weighted by atomic mass is 19.4. The summed E-state index contributed by atoms with van der Waals surface area (Å²) >= 11 is 0. The maximum absolute atomic E-state index is 13.7. The molecule has 1 atom stereocenters. The van der Waals surface area contributed by atoms with Gasteiger partial charge in [-0.1, -0.05) is 24.3 Å². The van der Waals surface area contributed by atoms with Crippen molar-refractivity contribution < 1.29 is 27.6 Å². The molecule has 3 heterocycles. The third kappa shape index (κ3) is 4.15. The van der Waals surface area contributed by atoms with Crippen molar-refractivity contribution in [2.75, 3.05) is 42.9 Å². The molecule has 0 bridgehead atoms. The molecule has 7 nitrogen and oxygen atoms in total. The molecule has 0 radical (unpaired) electrons. The summed E-state index contributed by atoms with van der Waals surface area (Å²) in [7, 11) is 0. The Hall–Kier alpha value is -3.40. The quantitative estimate of drug-likeness (QED) is 0.642. The van der Waals surface area contributed by atoms with Crippen LogP contribution in [0.3, 0.4) is 0 Å². The highest BCUT2D eigenvalue weighted by molar-refractivity contribution is 6.12. The first-order chi connectivity index (χ1) is 18.1. The van der Waals surface area contributed by atoms with Crippen molar-refractivity contribution in [3.8, 4) is 0 Å². The second-order valence-corrected chi connectivity index (χ2v) is 11.1. The number of fused-ring (bicyclic) bond motifs is 3. The fourth-order valence-corrected chi connectivity index (χ4v) is 6.81. The highest BCUT2D eigenvalue weighted by Gasteiger charge is 2.53. The second-order valence-electron chi connectivity index (χ2n) is 11.1. The van der Waals surface area contributed by atoms with Crippen molar-refractivity contribution >= 4 is 29.1 Å². The molecule has 1 unspecified atom stereocenters. The molecule has 2 saturated heterocycles. The number of nitrogens with zero attached hydrogens (tertiary/aromatic N) is 2. The molecule has 38 heavy (non-hydrogen) atoms. The molecule has 3 aliphatic heterocycles. The number of piperidine rings is 1. The van der Waals surface area contributed by atoms with Crippen LogP contribution in [0, 0.1) is 5.41 Å². The molecular weight excluding hydrogens is 497 g/mol. The predicted molar refractivity (Wildman–Crippen MR) is 135 cm³/mol. The molecule has 1 aliphatic carbocycles. The van der Waals surface area contributed by atoms with E-state index in [2.05, 4.69) is 10.6 Å². The number of hydrogen-bond acceptors (Lipinski definition) is 4. The lowest BCUT2D eigenvalue weighted by Gasteiger charge is -2.38. The van der Waals surface area contributed by atoms with Gasteiger partial charge < -0.3 is 15.5 Å². The molecule has 6 rings (SSSR count). The lowest BCUT2D eigenvalue weighted by molar-refractivity contribution is -0.150. The molecule has 0 saturated carbocycles. The summed E-state index contributed by atoms with van der Waals surface area (Å²) in [6, 6.07) is 12.9. The fraction of sp³-hybridized carbons (Fsp3) is 0.464. The molecule has 2 spiro atoms. The number of carbonyl (C=O) groups excluding carboxylic acids is 3. The Morgan fingerprint density at radius 3 is 2.45 bits per heavy atom. The van der Waals surface area contributed by atoms with E-state index in [4.69, 9.17) is 0 Å². The Balaban J connectivity index is 1.16. The molecule has 2 fully saturated rings. The molecule has 4 aliphatic rings. The highest BCUT2D eigenvalue weighted by Crippen LogP contribution is 2.48. The lowest BCUT2D eigenvalue weighted by atomic mass is 9.73. The Morgan fingerprint density at radius 2 is 1.74 bits per heavy atom. The zero-order chi connectivity index (χ0) is 26.7. The van der Waals surface area contributed by atoms with E-state index in [9.17, 15) is 27.6 Å². The monoisotopic (exact) mass is 526 g/mol. The van der Waals surface area contributed by atoms with Crippen molar-refractivity contribution in [1.82, 2.24) is 10.2 Å². The van der Waals surface area contributed by atoms with E-state index < -0.39 is 18.1 Å². The van der Waals surface area contributed by atoms with Gasteiger partial charge in [0.2, 0.25) is 17.7 Å². The number of likely N-dealkylation sites (tertiary alicyclic amines) is 1. The predicted octanol–water partition coefficient (Wildman–Crippen LogP) is 3.17. The van der Waals surface area contributed by atoms with E-state index in [1.807, 2.05) is 30.3 Å². The van der Waals surface area contributed by atoms with Gasteiger partial charge in [0.15, 0.2) is 0 Å². The van der Waals surface area contributed by atoms with E-state index in [0.717, 1.165) is 23.1 Å². The van der Waals surface area contributed by atoms with Crippen LogP contribution in [0.5, 0.6) is 0 Å².